The minimum Gasteiger partial charge on any atom is -0.229 e. The molecule has 0 fully saturated rings. The minimum absolute atomic E-state index is 0.500. The molecule has 0 N–H and O–H groups in total. The molecular formula is C9H11ClN6S. The first-order chi connectivity index (χ1) is 8.22. The van der Waals surface area contributed by atoms with Crippen molar-refractivity contribution in [3.05, 3.63) is 17.0 Å². The predicted molar refractivity (Wildman–Crippen MR) is 64.0 cm³/mol. The van der Waals surface area contributed by atoms with Gasteiger partial charge in [0.05, 0.1) is 0 Å². The van der Waals surface area contributed by atoms with E-state index >= 15 is 0 Å². The maximum Gasteiger partial charge on any atom is 0.215 e. The Hall–Kier alpha value is -1.21. The number of aromatic nitrogens is 6. The summed E-state index contributed by atoms with van der Waals surface area (Å²) in [5, 5.41) is 13.2. The Labute approximate surface area is 108 Å². The second-order valence-electron chi connectivity index (χ2n) is 3.39. The van der Waals surface area contributed by atoms with E-state index in [0.717, 1.165) is 23.4 Å². The summed E-state index contributed by atoms with van der Waals surface area (Å²) >= 11 is 7.46. The van der Waals surface area contributed by atoms with Gasteiger partial charge in [0.1, 0.15) is 16.5 Å². The monoisotopic (exact) mass is 270 g/mol. The lowest BCUT2D eigenvalue weighted by molar-refractivity contribution is 0.664. The SMILES string of the molecule is CCCc1c(Cl)ncnc1Sc1nnnn1C. The molecule has 0 aliphatic carbocycles. The van der Waals surface area contributed by atoms with E-state index in [0.29, 0.717) is 10.3 Å². The van der Waals surface area contributed by atoms with Crippen molar-refractivity contribution in [2.24, 2.45) is 7.05 Å². The van der Waals surface area contributed by atoms with Crippen LogP contribution in [-0.4, -0.2) is 30.2 Å². The van der Waals surface area contributed by atoms with Crippen LogP contribution >= 0.6 is 23.4 Å². The van der Waals surface area contributed by atoms with E-state index in [4.69, 9.17) is 11.6 Å². The summed E-state index contributed by atoms with van der Waals surface area (Å²) in [6.45, 7) is 2.08. The highest BCUT2D eigenvalue weighted by Gasteiger charge is 2.13. The highest BCUT2D eigenvalue weighted by molar-refractivity contribution is 7.99. The Morgan fingerprint density at radius 2 is 2.24 bits per heavy atom. The number of nitrogens with zero attached hydrogens (tertiary/aromatic N) is 6. The van der Waals surface area contributed by atoms with Crippen LogP contribution in [0.15, 0.2) is 16.5 Å². The van der Waals surface area contributed by atoms with Gasteiger partial charge in [-0.3, -0.25) is 0 Å². The molecule has 2 aromatic heterocycles. The average molecular weight is 271 g/mol. The maximum atomic E-state index is 6.07. The molecule has 0 saturated carbocycles. The number of halogens is 1. The minimum atomic E-state index is 0.500. The van der Waals surface area contributed by atoms with Crippen LogP contribution in [-0.2, 0) is 13.5 Å². The second kappa shape index (κ2) is 5.42. The summed E-state index contributed by atoms with van der Waals surface area (Å²) < 4.78 is 1.59. The van der Waals surface area contributed by atoms with Crippen molar-refractivity contribution in [3.63, 3.8) is 0 Å². The van der Waals surface area contributed by atoms with Gasteiger partial charge in [-0.15, -0.1) is 5.10 Å². The fourth-order valence-electron chi connectivity index (χ4n) is 1.32. The van der Waals surface area contributed by atoms with Crippen molar-refractivity contribution in [3.8, 4) is 0 Å². The Morgan fingerprint density at radius 1 is 1.41 bits per heavy atom. The zero-order valence-electron chi connectivity index (χ0n) is 9.46. The van der Waals surface area contributed by atoms with Crippen LogP contribution in [0.2, 0.25) is 5.15 Å². The van der Waals surface area contributed by atoms with Crippen LogP contribution in [0.1, 0.15) is 18.9 Å². The lowest BCUT2D eigenvalue weighted by Crippen LogP contribution is -1.98. The third-order valence-corrected chi connectivity index (χ3v) is 3.52. The topological polar surface area (TPSA) is 69.4 Å². The van der Waals surface area contributed by atoms with Crippen molar-refractivity contribution in [2.75, 3.05) is 0 Å². The summed E-state index contributed by atoms with van der Waals surface area (Å²) in [6, 6.07) is 0. The Morgan fingerprint density at radius 3 is 2.88 bits per heavy atom. The maximum absolute atomic E-state index is 6.07. The molecule has 0 spiro atoms. The Bertz CT molecular complexity index is 514. The standard InChI is InChI=1S/C9H11ClN6S/c1-3-4-6-7(10)11-5-12-8(6)17-9-13-14-15-16(9)2/h5H,3-4H2,1-2H3. The smallest absolute Gasteiger partial charge is 0.215 e. The van der Waals surface area contributed by atoms with Gasteiger partial charge >= 0.3 is 0 Å². The molecule has 0 atom stereocenters. The summed E-state index contributed by atoms with van der Waals surface area (Å²) in [5.41, 5.74) is 0.949. The van der Waals surface area contributed by atoms with Crippen LogP contribution in [0, 0.1) is 0 Å². The first kappa shape index (κ1) is 12.3. The van der Waals surface area contributed by atoms with E-state index in [-0.39, 0.29) is 0 Å². The van der Waals surface area contributed by atoms with Crippen LogP contribution in [0.3, 0.4) is 0 Å². The van der Waals surface area contributed by atoms with Gasteiger partial charge in [-0.1, -0.05) is 24.9 Å². The van der Waals surface area contributed by atoms with Gasteiger partial charge in [0.25, 0.3) is 0 Å². The number of hydrogen-bond donors (Lipinski definition) is 0. The van der Waals surface area contributed by atoms with Crippen LogP contribution in [0.4, 0.5) is 0 Å². The molecular weight excluding hydrogens is 260 g/mol. The molecule has 90 valence electrons. The first-order valence-corrected chi connectivity index (χ1v) is 6.31. The molecule has 0 aliphatic heterocycles. The first-order valence-electron chi connectivity index (χ1n) is 5.12. The third kappa shape index (κ3) is 2.73. The van der Waals surface area contributed by atoms with Gasteiger partial charge in [0, 0.05) is 12.6 Å². The number of aryl methyl sites for hydroxylation is 1. The average Bonchev–Trinajstić information content (AvgIpc) is 2.70. The molecule has 8 heteroatoms. The lowest BCUT2D eigenvalue weighted by atomic mass is 10.2. The van der Waals surface area contributed by atoms with E-state index in [2.05, 4.69) is 32.4 Å². The normalized spacial score (nSPS) is 10.8. The second-order valence-corrected chi connectivity index (χ2v) is 4.70. The highest BCUT2D eigenvalue weighted by Crippen LogP contribution is 2.29. The van der Waals surface area contributed by atoms with E-state index in [1.807, 2.05) is 0 Å². The highest BCUT2D eigenvalue weighted by atomic mass is 35.5. The molecule has 0 amide bonds. The molecule has 0 saturated heterocycles. The molecule has 0 unspecified atom stereocenters. The summed E-state index contributed by atoms with van der Waals surface area (Å²) in [7, 11) is 1.78. The molecule has 2 heterocycles. The van der Waals surface area contributed by atoms with E-state index in [1.165, 1.54) is 18.1 Å². The fraction of sp³-hybridized carbons (Fsp3) is 0.444. The van der Waals surface area contributed by atoms with Crippen LogP contribution in [0.25, 0.3) is 0 Å². The predicted octanol–water partition coefficient (Wildman–Crippen LogP) is 1.76. The molecule has 17 heavy (non-hydrogen) atoms. The van der Waals surface area contributed by atoms with Crippen LogP contribution in [0.5, 0.6) is 0 Å². The number of tetrazole rings is 1. The third-order valence-electron chi connectivity index (χ3n) is 2.12. The van der Waals surface area contributed by atoms with Crippen molar-refractivity contribution in [2.45, 2.75) is 29.9 Å². The Balaban J connectivity index is 2.32. The van der Waals surface area contributed by atoms with Gasteiger partial charge in [-0.25, -0.2) is 14.6 Å². The van der Waals surface area contributed by atoms with Gasteiger partial charge < -0.3 is 0 Å². The largest absolute Gasteiger partial charge is 0.229 e. The van der Waals surface area contributed by atoms with Crippen molar-refractivity contribution in [1.82, 2.24) is 30.2 Å². The number of rotatable bonds is 4. The Kier molecular flexibility index (Phi) is 3.90. The van der Waals surface area contributed by atoms with Gasteiger partial charge in [-0.05, 0) is 28.6 Å². The van der Waals surface area contributed by atoms with Crippen LogP contribution < -0.4 is 0 Å². The molecule has 0 bridgehead atoms. The molecule has 0 radical (unpaired) electrons. The van der Waals surface area contributed by atoms with Gasteiger partial charge in [0.15, 0.2) is 0 Å². The van der Waals surface area contributed by atoms with Crippen molar-refractivity contribution >= 4 is 23.4 Å². The quantitative estimate of drug-likeness (QED) is 0.789. The molecule has 2 aromatic rings. The van der Waals surface area contributed by atoms with E-state index < -0.39 is 0 Å². The zero-order chi connectivity index (χ0) is 12.3. The van der Waals surface area contributed by atoms with E-state index in [9.17, 15) is 0 Å². The summed E-state index contributed by atoms with van der Waals surface area (Å²) in [4.78, 5) is 8.23. The lowest BCUT2D eigenvalue weighted by Gasteiger charge is -2.06. The van der Waals surface area contributed by atoms with Crippen molar-refractivity contribution in [1.29, 1.82) is 0 Å². The van der Waals surface area contributed by atoms with Crippen molar-refractivity contribution < 1.29 is 0 Å². The molecule has 2 rings (SSSR count). The number of hydrogen-bond acceptors (Lipinski definition) is 6. The zero-order valence-corrected chi connectivity index (χ0v) is 11.0. The summed E-state index contributed by atoms with van der Waals surface area (Å²) in [5.74, 6) is 0. The summed E-state index contributed by atoms with van der Waals surface area (Å²) in [6.07, 6.45) is 3.28. The molecule has 0 aliphatic rings. The molecule has 0 aromatic carbocycles. The van der Waals surface area contributed by atoms with Gasteiger partial charge in [-0.2, -0.15) is 0 Å². The van der Waals surface area contributed by atoms with E-state index in [1.54, 1.807) is 11.7 Å². The molecule has 6 nitrogen and oxygen atoms in total. The fourth-order valence-corrected chi connectivity index (χ4v) is 2.44. The van der Waals surface area contributed by atoms with Gasteiger partial charge in [0.2, 0.25) is 5.16 Å².